The van der Waals surface area contributed by atoms with E-state index in [0.717, 1.165) is 0 Å². The van der Waals surface area contributed by atoms with E-state index >= 15 is 0 Å². The van der Waals surface area contributed by atoms with E-state index in [1.807, 2.05) is 0 Å². The van der Waals surface area contributed by atoms with Crippen LogP contribution in [0.5, 0.6) is 0 Å². The minimum absolute atomic E-state index is 0.0694. The third-order valence-electron chi connectivity index (χ3n) is 1.21. The highest BCUT2D eigenvalue weighted by atomic mass is 32.2. The Balaban J connectivity index is 0. The summed E-state index contributed by atoms with van der Waals surface area (Å²) in [5.74, 6) is -1.22. The van der Waals surface area contributed by atoms with Crippen molar-refractivity contribution in [3.05, 3.63) is 0 Å². The van der Waals surface area contributed by atoms with Gasteiger partial charge in [-0.05, 0) is 7.05 Å². The fraction of sp³-hybridized carbons (Fsp3) is 0.875. The number of aliphatic carboxylic acids is 1. The average Bonchev–Trinajstić information content (AvgIpc) is 1.95. The summed E-state index contributed by atoms with van der Waals surface area (Å²) in [6.45, 7) is 0.360. The van der Waals surface area contributed by atoms with Gasteiger partial charge in [-0.15, -0.1) is 0 Å². The highest BCUT2D eigenvalue weighted by molar-refractivity contribution is 7.85. The Labute approximate surface area is 96.4 Å². The Morgan fingerprint density at radius 3 is 1.88 bits per heavy atom. The van der Waals surface area contributed by atoms with E-state index in [0.29, 0.717) is 11.0 Å². The Morgan fingerprint density at radius 2 is 1.81 bits per heavy atom. The van der Waals surface area contributed by atoms with Crippen molar-refractivity contribution in [2.45, 2.75) is 0 Å². The number of rotatable bonds is 5. The van der Waals surface area contributed by atoms with Gasteiger partial charge in [0.1, 0.15) is 6.54 Å². The quantitative estimate of drug-likeness (QED) is 0.417. The van der Waals surface area contributed by atoms with Crippen molar-refractivity contribution in [1.29, 1.82) is 0 Å². The molecule has 7 nitrogen and oxygen atoms in total. The smallest absolute Gasteiger partial charge is 0.266 e. The first-order valence-corrected chi connectivity index (χ1v) is 6.19. The van der Waals surface area contributed by atoms with Crippen LogP contribution in [0.1, 0.15) is 0 Å². The van der Waals surface area contributed by atoms with Crippen LogP contribution in [0.25, 0.3) is 0 Å². The molecule has 0 aromatic carbocycles. The van der Waals surface area contributed by atoms with Gasteiger partial charge in [0.2, 0.25) is 0 Å². The number of carboxylic acids is 1. The van der Waals surface area contributed by atoms with E-state index in [9.17, 15) is 18.3 Å². The molecule has 8 heteroatoms. The molecular formula is C8H20N2O5S. The first-order chi connectivity index (χ1) is 6.98. The number of nitrogens with zero attached hydrogens (tertiary/aromatic N) is 1. The zero-order valence-electron chi connectivity index (χ0n) is 10.1. The van der Waals surface area contributed by atoms with Gasteiger partial charge in [0.25, 0.3) is 10.1 Å². The Bertz CT molecular complexity index is 294. The van der Waals surface area contributed by atoms with Gasteiger partial charge >= 0.3 is 0 Å². The fourth-order valence-corrected chi connectivity index (χ4v) is 1.08. The summed E-state index contributed by atoms with van der Waals surface area (Å²) in [7, 11) is 3.27. The molecule has 0 unspecified atom stereocenters. The summed E-state index contributed by atoms with van der Waals surface area (Å²) in [5, 5.41) is 12.5. The lowest BCUT2D eigenvalue weighted by Crippen LogP contribution is -2.45. The molecular weight excluding hydrogens is 236 g/mol. The normalized spacial score (nSPS) is 11.6. The van der Waals surface area contributed by atoms with Crippen LogP contribution in [-0.2, 0) is 14.9 Å². The molecule has 0 rings (SSSR count). The SMILES string of the molecule is CNCCS(=O)(=O)O.C[N+](C)(C)CC(=O)[O-]. The van der Waals surface area contributed by atoms with E-state index in [2.05, 4.69) is 5.32 Å². The molecule has 0 spiro atoms. The molecule has 0 aromatic rings. The van der Waals surface area contributed by atoms with Crippen molar-refractivity contribution in [2.24, 2.45) is 0 Å². The molecule has 0 aromatic heterocycles. The number of hydrogen-bond donors (Lipinski definition) is 2. The molecule has 2 N–H and O–H groups in total. The topological polar surface area (TPSA) is 107 Å². The number of carbonyl (C=O) groups excluding carboxylic acids is 1. The van der Waals surface area contributed by atoms with Crippen LogP contribution in [0.4, 0.5) is 0 Å². The number of carboxylic acid groups (broad SMARTS) is 1. The Kier molecular flexibility index (Phi) is 8.35. The maximum atomic E-state index is 9.91. The zero-order chi connectivity index (χ0) is 13.4. The van der Waals surface area contributed by atoms with Crippen molar-refractivity contribution in [3.8, 4) is 0 Å². The Morgan fingerprint density at radius 1 is 1.38 bits per heavy atom. The first kappa shape index (κ1) is 17.7. The van der Waals surface area contributed by atoms with E-state index in [1.54, 1.807) is 28.2 Å². The number of nitrogens with one attached hydrogen (secondary N) is 1. The maximum absolute atomic E-state index is 9.91. The molecule has 0 atom stereocenters. The maximum Gasteiger partial charge on any atom is 0.266 e. The van der Waals surface area contributed by atoms with Crippen LogP contribution in [0.2, 0.25) is 0 Å². The lowest BCUT2D eigenvalue weighted by Gasteiger charge is -2.23. The highest BCUT2D eigenvalue weighted by Crippen LogP contribution is 1.84. The molecule has 0 radical (unpaired) electrons. The lowest BCUT2D eigenvalue weighted by molar-refractivity contribution is -0.864. The fourth-order valence-electron chi connectivity index (χ4n) is 0.618. The summed E-state index contributed by atoms with van der Waals surface area (Å²) in [6, 6.07) is 0. The van der Waals surface area contributed by atoms with Crippen molar-refractivity contribution >= 4 is 16.1 Å². The second kappa shape index (κ2) is 7.55. The summed E-state index contributed by atoms with van der Waals surface area (Å²) in [6.07, 6.45) is 0. The molecule has 0 fully saturated rings. The van der Waals surface area contributed by atoms with Gasteiger partial charge < -0.3 is 19.7 Å². The minimum atomic E-state index is -3.75. The zero-order valence-corrected chi connectivity index (χ0v) is 10.9. The van der Waals surface area contributed by atoms with Crippen LogP contribution in [0.15, 0.2) is 0 Å². The van der Waals surface area contributed by atoms with E-state index in [4.69, 9.17) is 4.55 Å². The molecule has 16 heavy (non-hydrogen) atoms. The van der Waals surface area contributed by atoms with Crippen molar-refractivity contribution < 1.29 is 27.4 Å². The molecule has 0 aliphatic rings. The van der Waals surface area contributed by atoms with Gasteiger partial charge in [0, 0.05) is 6.54 Å². The van der Waals surface area contributed by atoms with Crippen LogP contribution >= 0.6 is 0 Å². The van der Waals surface area contributed by atoms with Crippen molar-refractivity contribution in [3.63, 3.8) is 0 Å². The van der Waals surface area contributed by atoms with Crippen molar-refractivity contribution in [1.82, 2.24) is 5.32 Å². The Hall–Kier alpha value is -0.700. The summed E-state index contributed by atoms with van der Waals surface area (Å²) >= 11 is 0. The molecule has 0 bridgehead atoms. The molecule has 0 aliphatic carbocycles. The average molecular weight is 256 g/mol. The first-order valence-electron chi connectivity index (χ1n) is 4.58. The van der Waals surface area contributed by atoms with Crippen LogP contribution < -0.4 is 10.4 Å². The summed E-state index contributed by atoms with van der Waals surface area (Å²) in [4.78, 5) is 9.89. The molecule has 0 amide bonds. The predicted octanol–water partition coefficient (Wildman–Crippen LogP) is -2.46. The molecule has 98 valence electrons. The standard InChI is InChI=1S/C5H11NO2.C3H9NO3S/c1-6(2,3)4-5(7)8;1-4-2-3-8(5,6)7/h4H2,1-3H3;4H,2-3H2,1H3,(H,5,6,7). The molecule has 0 heterocycles. The van der Waals surface area contributed by atoms with E-state index < -0.39 is 16.1 Å². The van der Waals surface area contributed by atoms with Gasteiger partial charge in [-0.25, -0.2) is 0 Å². The third kappa shape index (κ3) is 23.3. The van der Waals surface area contributed by atoms with Gasteiger partial charge in [-0.3, -0.25) is 4.55 Å². The third-order valence-corrected chi connectivity index (χ3v) is 1.93. The second-order valence-corrected chi connectivity index (χ2v) is 5.78. The monoisotopic (exact) mass is 256 g/mol. The van der Waals surface area contributed by atoms with E-state index in [1.165, 1.54) is 0 Å². The highest BCUT2D eigenvalue weighted by Gasteiger charge is 2.04. The number of hydrogen-bond acceptors (Lipinski definition) is 5. The number of carbonyl (C=O) groups is 1. The van der Waals surface area contributed by atoms with E-state index in [-0.39, 0.29) is 12.3 Å². The van der Waals surface area contributed by atoms with Crippen LogP contribution in [-0.4, -0.2) is 70.5 Å². The second-order valence-electron chi connectivity index (χ2n) is 4.21. The largest absolute Gasteiger partial charge is 0.544 e. The molecule has 0 saturated carbocycles. The minimum Gasteiger partial charge on any atom is -0.544 e. The molecule has 0 saturated heterocycles. The summed E-state index contributed by atoms with van der Waals surface area (Å²) in [5.41, 5.74) is 0. The van der Waals surface area contributed by atoms with Gasteiger partial charge in [-0.1, -0.05) is 0 Å². The van der Waals surface area contributed by atoms with Gasteiger partial charge in [0.05, 0.1) is 32.9 Å². The predicted molar refractivity (Wildman–Crippen MR) is 58.2 cm³/mol. The van der Waals surface area contributed by atoms with Gasteiger partial charge in [0.15, 0.2) is 0 Å². The van der Waals surface area contributed by atoms with Gasteiger partial charge in [-0.2, -0.15) is 8.42 Å². The number of quaternary nitrogens is 1. The van der Waals surface area contributed by atoms with Crippen LogP contribution in [0, 0.1) is 0 Å². The molecule has 0 aliphatic heterocycles. The number of likely N-dealkylation sites (N-methyl/N-ethyl adjacent to an activating group) is 1. The van der Waals surface area contributed by atoms with Crippen LogP contribution in [0.3, 0.4) is 0 Å². The van der Waals surface area contributed by atoms with Crippen molar-refractivity contribution in [2.75, 3.05) is 47.0 Å². The lowest BCUT2D eigenvalue weighted by atomic mass is 10.5. The summed E-state index contributed by atoms with van der Waals surface area (Å²) < 4.78 is 28.3.